The third-order valence-corrected chi connectivity index (χ3v) is 4.12. The lowest BCUT2D eigenvalue weighted by atomic mass is 10.1. The van der Waals surface area contributed by atoms with Crippen LogP contribution in [0, 0.1) is 0 Å². The van der Waals surface area contributed by atoms with E-state index >= 15 is 0 Å². The highest BCUT2D eigenvalue weighted by Gasteiger charge is 2.17. The van der Waals surface area contributed by atoms with Crippen molar-refractivity contribution in [3.8, 4) is 0 Å². The van der Waals surface area contributed by atoms with E-state index in [0.717, 1.165) is 4.68 Å². The summed E-state index contributed by atoms with van der Waals surface area (Å²) in [6.07, 6.45) is 0.0915. The molecule has 0 bridgehead atoms. The Kier molecular flexibility index (Phi) is 6.49. The molecule has 7 nitrogen and oxygen atoms in total. The summed E-state index contributed by atoms with van der Waals surface area (Å²) in [7, 11) is 0. The minimum atomic E-state index is -0.335. The molecule has 2 amide bonds. The number of amides is 2. The van der Waals surface area contributed by atoms with Gasteiger partial charge in [0, 0.05) is 24.5 Å². The fraction of sp³-hybridized carbons (Fsp3) is 0.474. The number of benzene rings is 1. The number of fused-ring (bicyclic) bond motifs is 1. The molecule has 0 unspecified atom stereocenters. The third kappa shape index (κ3) is 4.47. The fourth-order valence-electron chi connectivity index (χ4n) is 2.88. The Bertz CT molecular complexity index is 853. The van der Waals surface area contributed by atoms with Crippen LogP contribution in [0.5, 0.6) is 0 Å². The molecule has 0 radical (unpaired) electrons. The fourth-order valence-corrected chi connectivity index (χ4v) is 2.88. The number of hydrogen-bond acceptors (Lipinski definition) is 4. The molecular formula is C19H26N4O3. The first-order chi connectivity index (χ1) is 12.4. The van der Waals surface area contributed by atoms with E-state index in [9.17, 15) is 14.4 Å². The summed E-state index contributed by atoms with van der Waals surface area (Å²) in [6.45, 7) is 8.60. The molecular weight excluding hydrogens is 332 g/mol. The average Bonchev–Trinajstić information content (AvgIpc) is 2.59. The minimum absolute atomic E-state index is 0.0256. The Balaban J connectivity index is 2.45. The van der Waals surface area contributed by atoms with Crippen molar-refractivity contribution in [2.75, 3.05) is 13.1 Å². The van der Waals surface area contributed by atoms with Crippen LogP contribution in [-0.2, 0) is 22.6 Å². The van der Waals surface area contributed by atoms with Crippen LogP contribution in [0.15, 0.2) is 29.1 Å². The molecule has 0 spiro atoms. The topological polar surface area (TPSA) is 84.3 Å². The standard InChI is InChI=1S/C19H26N4O3/c1-5-22(6-2)18(25)11-16-14-9-7-8-10-15(14)19(26)23(21-16)12-17(24)20-13(3)4/h7-10,13H,5-6,11-12H2,1-4H3,(H,20,24). The van der Waals surface area contributed by atoms with Gasteiger partial charge in [-0.15, -0.1) is 0 Å². The Hall–Kier alpha value is -2.70. The van der Waals surface area contributed by atoms with Crippen LogP contribution >= 0.6 is 0 Å². The number of nitrogens with zero attached hydrogens (tertiary/aromatic N) is 3. The van der Waals surface area contributed by atoms with Gasteiger partial charge in [0.25, 0.3) is 5.56 Å². The molecule has 1 heterocycles. The number of aromatic nitrogens is 2. The largest absolute Gasteiger partial charge is 0.352 e. The second-order valence-corrected chi connectivity index (χ2v) is 6.42. The van der Waals surface area contributed by atoms with Crippen molar-refractivity contribution < 1.29 is 9.59 Å². The summed E-state index contributed by atoms with van der Waals surface area (Å²) in [4.78, 5) is 38.9. The number of carbonyl (C=O) groups excluding carboxylic acids is 2. The van der Waals surface area contributed by atoms with Gasteiger partial charge >= 0.3 is 0 Å². The van der Waals surface area contributed by atoms with Crippen molar-refractivity contribution in [3.05, 3.63) is 40.3 Å². The maximum Gasteiger partial charge on any atom is 0.275 e. The van der Waals surface area contributed by atoms with Gasteiger partial charge in [0.2, 0.25) is 11.8 Å². The van der Waals surface area contributed by atoms with Gasteiger partial charge < -0.3 is 10.2 Å². The second kappa shape index (κ2) is 8.60. The molecule has 26 heavy (non-hydrogen) atoms. The van der Waals surface area contributed by atoms with Gasteiger partial charge in [-0.2, -0.15) is 5.10 Å². The van der Waals surface area contributed by atoms with E-state index in [1.165, 1.54) is 0 Å². The van der Waals surface area contributed by atoms with Crippen LogP contribution in [-0.4, -0.2) is 45.6 Å². The van der Waals surface area contributed by atoms with E-state index in [4.69, 9.17) is 0 Å². The van der Waals surface area contributed by atoms with Gasteiger partial charge in [-0.25, -0.2) is 4.68 Å². The molecule has 1 aromatic heterocycles. The zero-order chi connectivity index (χ0) is 19.3. The molecule has 1 aromatic carbocycles. The summed E-state index contributed by atoms with van der Waals surface area (Å²) in [5, 5.41) is 8.20. The molecule has 140 valence electrons. The van der Waals surface area contributed by atoms with Crippen molar-refractivity contribution >= 4 is 22.6 Å². The molecule has 7 heteroatoms. The molecule has 0 saturated heterocycles. The quantitative estimate of drug-likeness (QED) is 0.809. The molecule has 2 aromatic rings. The Labute approximate surface area is 153 Å². The van der Waals surface area contributed by atoms with Crippen molar-refractivity contribution in [2.24, 2.45) is 0 Å². The average molecular weight is 358 g/mol. The zero-order valence-electron chi connectivity index (χ0n) is 15.8. The van der Waals surface area contributed by atoms with Crippen LogP contribution in [0.2, 0.25) is 0 Å². The molecule has 0 atom stereocenters. The van der Waals surface area contributed by atoms with Gasteiger partial charge in [0.15, 0.2) is 0 Å². The van der Waals surface area contributed by atoms with E-state index in [1.54, 1.807) is 23.1 Å². The second-order valence-electron chi connectivity index (χ2n) is 6.42. The maximum atomic E-state index is 12.7. The molecule has 0 aliphatic rings. The van der Waals surface area contributed by atoms with E-state index in [1.807, 2.05) is 33.8 Å². The van der Waals surface area contributed by atoms with Crippen molar-refractivity contribution in [1.29, 1.82) is 0 Å². The SMILES string of the molecule is CCN(CC)C(=O)Cc1nn(CC(=O)NC(C)C)c(=O)c2ccccc12. The molecule has 0 aliphatic carbocycles. The lowest BCUT2D eigenvalue weighted by Crippen LogP contribution is -2.38. The summed E-state index contributed by atoms with van der Waals surface area (Å²) in [6, 6.07) is 7.03. The number of likely N-dealkylation sites (N-methyl/N-ethyl adjacent to an activating group) is 1. The smallest absolute Gasteiger partial charge is 0.275 e. The lowest BCUT2D eigenvalue weighted by Gasteiger charge is -2.19. The number of rotatable bonds is 7. The molecule has 0 aliphatic heterocycles. The summed E-state index contributed by atoms with van der Waals surface area (Å²) < 4.78 is 1.14. The van der Waals surface area contributed by atoms with Crippen LogP contribution in [0.1, 0.15) is 33.4 Å². The highest BCUT2D eigenvalue weighted by molar-refractivity contribution is 5.88. The first kappa shape index (κ1) is 19.6. The molecule has 0 fully saturated rings. The summed E-state index contributed by atoms with van der Waals surface area (Å²) in [5.41, 5.74) is 0.174. The first-order valence-corrected chi connectivity index (χ1v) is 8.93. The predicted molar refractivity (Wildman–Crippen MR) is 101 cm³/mol. The van der Waals surface area contributed by atoms with Crippen LogP contribution in [0.3, 0.4) is 0 Å². The third-order valence-electron chi connectivity index (χ3n) is 4.12. The Morgan fingerprint density at radius 1 is 1.15 bits per heavy atom. The van der Waals surface area contributed by atoms with E-state index < -0.39 is 0 Å². The number of hydrogen-bond donors (Lipinski definition) is 1. The van der Waals surface area contributed by atoms with Gasteiger partial charge in [-0.3, -0.25) is 14.4 Å². The highest BCUT2D eigenvalue weighted by Crippen LogP contribution is 2.14. The maximum absolute atomic E-state index is 12.7. The Morgan fingerprint density at radius 2 is 1.77 bits per heavy atom. The molecule has 2 rings (SSSR count). The minimum Gasteiger partial charge on any atom is -0.352 e. The van der Waals surface area contributed by atoms with Crippen LogP contribution < -0.4 is 10.9 Å². The lowest BCUT2D eigenvalue weighted by molar-refractivity contribution is -0.130. The van der Waals surface area contributed by atoms with Crippen LogP contribution in [0.25, 0.3) is 10.8 Å². The molecule has 1 N–H and O–H groups in total. The zero-order valence-corrected chi connectivity index (χ0v) is 15.8. The normalized spacial score (nSPS) is 11.0. The number of carbonyl (C=O) groups is 2. The highest BCUT2D eigenvalue weighted by atomic mass is 16.2. The van der Waals surface area contributed by atoms with Crippen molar-refractivity contribution in [3.63, 3.8) is 0 Å². The summed E-state index contributed by atoms with van der Waals surface area (Å²) in [5.74, 6) is -0.338. The number of nitrogens with one attached hydrogen (secondary N) is 1. The van der Waals surface area contributed by atoms with Gasteiger partial charge in [-0.1, -0.05) is 18.2 Å². The Morgan fingerprint density at radius 3 is 2.35 bits per heavy atom. The summed E-state index contributed by atoms with van der Waals surface area (Å²) >= 11 is 0. The van der Waals surface area contributed by atoms with Crippen LogP contribution in [0.4, 0.5) is 0 Å². The van der Waals surface area contributed by atoms with Crippen molar-refractivity contribution in [2.45, 2.75) is 46.7 Å². The van der Waals surface area contributed by atoms with E-state index in [2.05, 4.69) is 10.4 Å². The predicted octanol–water partition coefficient (Wildman–Crippen LogP) is 1.33. The van der Waals surface area contributed by atoms with Gasteiger partial charge in [0.05, 0.1) is 17.5 Å². The van der Waals surface area contributed by atoms with Crippen molar-refractivity contribution in [1.82, 2.24) is 20.0 Å². The van der Waals surface area contributed by atoms with E-state index in [0.29, 0.717) is 29.6 Å². The monoisotopic (exact) mass is 358 g/mol. The van der Waals surface area contributed by atoms with Gasteiger partial charge in [0.1, 0.15) is 6.54 Å². The first-order valence-electron chi connectivity index (χ1n) is 8.93. The van der Waals surface area contributed by atoms with Gasteiger partial charge in [-0.05, 0) is 33.8 Å². The molecule has 0 saturated carbocycles. The van der Waals surface area contributed by atoms with E-state index in [-0.39, 0.29) is 36.4 Å².